The highest BCUT2D eigenvalue weighted by Gasteiger charge is 2.13. The summed E-state index contributed by atoms with van der Waals surface area (Å²) >= 11 is 0. The van der Waals surface area contributed by atoms with Crippen LogP contribution in [0.2, 0.25) is 0 Å². The molecule has 120 valence electrons. The highest BCUT2D eigenvalue weighted by atomic mass is 16.5. The van der Waals surface area contributed by atoms with Gasteiger partial charge in [0.15, 0.2) is 0 Å². The Morgan fingerprint density at radius 3 is 2.38 bits per heavy atom. The van der Waals surface area contributed by atoms with E-state index in [0.29, 0.717) is 0 Å². The van der Waals surface area contributed by atoms with Gasteiger partial charge in [0.2, 0.25) is 0 Å². The van der Waals surface area contributed by atoms with E-state index in [2.05, 4.69) is 34.5 Å². The van der Waals surface area contributed by atoms with E-state index in [1.807, 2.05) is 24.3 Å². The van der Waals surface area contributed by atoms with Crippen LogP contribution in [0.5, 0.6) is 11.5 Å². The van der Waals surface area contributed by atoms with Crippen LogP contribution in [0.1, 0.15) is 5.56 Å². The fraction of sp³-hybridized carbons (Fsp3) is 0.158. The molecule has 24 heavy (non-hydrogen) atoms. The molecule has 0 bridgehead atoms. The average Bonchev–Trinajstić information content (AvgIpc) is 2.98. The molecule has 0 radical (unpaired) electrons. The standard InChI is InChI=1S/C19H17N3O2/c1-12-4-5-17-16(8-12)21-18-6-7-20-19(22(17)18)13-9-14(23-2)11-15(10-13)24-3/h4-11H,1-3H3. The molecule has 4 rings (SSSR count). The molecule has 0 aliphatic heterocycles. The van der Waals surface area contributed by atoms with Gasteiger partial charge in [-0.25, -0.2) is 9.97 Å². The topological polar surface area (TPSA) is 48.7 Å². The first-order valence-corrected chi connectivity index (χ1v) is 7.67. The Morgan fingerprint density at radius 2 is 1.67 bits per heavy atom. The fourth-order valence-corrected chi connectivity index (χ4v) is 2.92. The molecule has 0 spiro atoms. The van der Waals surface area contributed by atoms with Crippen molar-refractivity contribution in [3.05, 3.63) is 54.2 Å². The molecule has 2 aromatic heterocycles. The molecule has 0 fully saturated rings. The number of rotatable bonds is 3. The van der Waals surface area contributed by atoms with Gasteiger partial charge < -0.3 is 9.47 Å². The van der Waals surface area contributed by atoms with Gasteiger partial charge in [-0.15, -0.1) is 0 Å². The SMILES string of the molecule is COc1cc(OC)cc(-c2nccc3nc4cc(C)ccc4n23)c1. The summed E-state index contributed by atoms with van der Waals surface area (Å²) in [5.41, 5.74) is 4.95. The summed E-state index contributed by atoms with van der Waals surface area (Å²) in [4.78, 5) is 9.29. The Bertz CT molecular complexity index is 1030. The summed E-state index contributed by atoms with van der Waals surface area (Å²) < 4.78 is 12.8. The van der Waals surface area contributed by atoms with Crippen molar-refractivity contribution < 1.29 is 9.47 Å². The minimum Gasteiger partial charge on any atom is -0.497 e. The summed E-state index contributed by atoms with van der Waals surface area (Å²) in [6.07, 6.45) is 1.77. The van der Waals surface area contributed by atoms with E-state index in [0.717, 1.165) is 39.6 Å². The Hall–Kier alpha value is -3.08. The molecule has 2 aromatic carbocycles. The third kappa shape index (κ3) is 2.25. The minimum atomic E-state index is 0.725. The Morgan fingerprint density at radius 1 is 0.917 bits per heavy atom. The molecule has 4 aromatic rings. The Labute approximate surface area is 139 Å². The first-order chi connectivity index (χ1) is 11.7. The maximum Gasteiger partial charge on any atom is 0.146 e. The average molecular weight is 319 g/mol. The number of nitrogens with zero attached hydrogens (tertiary/aromatic N) is 3. The van der Waals surface area contributed by atoms with Crippen LogP contribution in [-0.2, 0) is 0 Å². The lowest BCUT2D eigenvalue weighted by atomic mass is 10.1. The van der Waals surface area contributed by atoms with Crippen molar-refractivity contribution in [2.24, 2.45) is 0 Å². The zero-order chi connectivity index (χ0) is 16.7. The van der Waals surface area contributed by atoms with Gasteiger partial charge in [0.25, 0.3) is 0 Å². The number of methoxy groups -OCH3 is 2. The number of aromatic nitrogens is 3. The first-order valence-electron chi connectivity index (χ1n) is 7.67. The van der Waals surface area contributed by atoms with Gasteiger partial charge in [0.05, 0.1) is 25.3 Å². The zero-order valence-electron chi connectivity index (χ0n) is 13.8. The van der Waals surface area contributed by atoms with Crippen LogP contribution in [0.15, 0.2) is 48.7 Å². The third-order valence-electron chi connectivity index (χ3n) is 4.08. The van der Waals surface area contributed by atoms with Crippen molar-refractivity contribution >= 4 is 16.7 Å². The minimum absolute atomic E-state index is 0.725. The van der Waals surface area contributed by atoms with E-state index >= 15 is 0 Å². The fourth-order valence-electron chi connectivity index (χ4n) is 2.92. The smallest absolute Gasteiger partial charge is 0.146 e. The highest BCUT2D eigenvalue weighted by Crippen LogP contribution is 2.30. The maximum absolute atomic E-state index is 5.38. The van der Waals surface area contributed by atoms with Crippen LogP contribution in [0.25, 0.3) is 28.1 Å². The van der Waals surface area contributed by atoms with E-state index in [-0.39, 0.29) is 0 Å². The van der Waals surface area contributed by atoms with E-state index < -0.39 is 0 Å². The molecule has 0 saturated carbocycles. The summed E-state index contributed by atoms with van der Waals surface area (Å²) in [7, 11) is 3.28. The molecule has 5 heteroatoms. The van der Waals surface area contributed by atoms with Crippen molar-refractivity contribution in [2.45, 2.75) is 6.92 Å². The maximum atomic E-state index is 5.38. The van der Waals surface area contributed by atoms with Crippen molar-refractivity contribution in [3.8, 4) is 22.9 Å². The molecule has 0 N–H and O–H groups in total. The van der Waals surface area contributed by atoms with Gasteiger partial charge in [0.1, 0.15) is 23.0 Å². The summed E-state index contributed by atoms with van der Waals surface area (Å²) in [5.74, 6) is 2.25. The molecule has 5 nitrogen and oxygen atoms in total. The summed E-state index contributed by atoms with van der Waals surface area (Å²) in [6.45, 7) is 2.07. The monoisotopic (exact) mass is 319 g/mol. The molecule has 0 unspecified atom stereocenters. The van der Waals surface area contributed by atoms with Gasteiger partial charge in [-0.05, 0) is 42.8 Å². The molecular weight excluding hydrogens is 302 g/mol. The summed E-state index contributed by atoms with van der Waals surface area (Å²) in [6, 6.07) is 13.9. The van der Waals surface area contributed by atoms with Crippen molar-refractivity contribution in [2.75, 3.05) is 14.2 Å². The number of imidazole rings is 1. The summed E-state index contributed by atoms with van der Waals surface area (Å²) in [5, 5.41) is 0. The Balaban J connectivity index is 2.05. The first kappa shape index (κ1) is 14.5. The van der Waals surface area contributed by atoms with E-state index in [1.165, 1.54) is 5.56 Å². The number of ether oxygens (including phenoxy) is 2. The van der Waals surface area contributed by atoms with Gasteiger partial charge in [-0.2, -0.15) is 0 Å². The van der Waals surface area contributed by atoms with Crippen molar-refractivity contribution in [1.29, 1.82) is 0 Å². The van der Waals surface area contributed by atoms with Crippen molar-refractivity contribution in [3.63, 3.8) is 0 Å². The predicted molar refractivity (Wildman–Crippen MR) is 93.8 cm³/mol. The molecule has 0 amide bonds. The Kier molecular flexibility index (Phi) is 3.34. The second-order valence-electron chi connectivity index (χ2n) is 5.67. The molecule has 0 aliphatic rings. The second-order valence-corrected chi connectivity index (χ2v) is 5.67. The molecule has 2 heterocycles. The van der Waals surface area contributed by atoms with Crippen LogP contribution in [0.3, 0.4) is 0 Å². The van der Waals surface area contributed by atoms with Crippen molar-refractivity contribution in [1.82, 2.24) is 14.4 Å². The van der Waals surface area contributed by atoms with E-state index in [4.69, 9.17) is 14.5 Å². The van der Waals surface area contributed by atoms with Crippen LogP contribution in [-0.4, -0.2) is 28.6 Å². The second kappa shape index (κ2) is 5.53. The molecule has 0 saturated heterocycles. The van der Waals surface area contributed by atoms with Crippen LogP contribution < -0.4 is 9.47 Å². The lowest BCUT2D eigenvalue weighted by Crippen LogP contribution is -1.97. The normalized spacial score (nSPS) is 11.1. The number of hydrogen-bond acceptors (Lipinski definition) is 4. The number of benzene rings is 2. The molecule has 0 aliphatic carbocycles. The van der Waals surface area contributed by atoms with Gasteiger partial charge in [0, 0.05) is 17.8 Å². The quantitative estimate of drug-likeness (QED) is 0.575. The number of hydrogen-bond donors (Lipinski definition) is 0. The van der Waals surface area contributed by atoms with Gasteiger partial charge in [-0.1, -0.05) is 6.07 Å². The number of fused-ring (bicyclic) bond motifs is 3. The van der Waals surface area contributed by atoms with Crippen LogP contribution >= 0.6 is 0 Å². The molecular formula is C19H17N3O2. The lowest BCUT2D eigenvalue weighted by Gasteiger charge is -2.10. The van der Waals surface area contributed by atoms with E-state index in [9.17, 15) is 0 Å². The van der Waals surface area contributed by atoms with E-state index in [1.54, 1.807) is 20.4 Å². The highest BCUT2D eigenvalue weighted by molar-refractivity contribution is 5.83. The third-order valence-corrected chi connectivity index (χ3v) is 4.08. The van der Waals surface area contributed by atoms with Crippen LogP contribution in [0, 0.1) is 6.92 Å². The lowest BCUT2D eigenvalue weighted by molar-refractivity contribution is 0.394. The zero-order valence-corrected chi connectivity index (χ0v) is 13.8. The van der Waals surface area contributed by atoms with Gasteiger partial charge in [-0.3, -0.25) is 4.40 Å². The van der Waals surface area contributed by atoms with Gasteiger partial charge >= 0.3 is 0 Å². The largest absolute Gasteiger partial charge is 0.497 e. The predicted octanol–water partition coefficient (Wildman–Crippen LogP) is 3.88. The van der Waals surface area contributed by atoms with Crippen LogP contribution in [0.4, 0.5) is 0 Å². The number of aryl methyl sites for hydroxylation is 1. The molecule has 0 atom stereocenters.